The number of methoxy groups -OCH3 is 1. The molecule has 2 aromatic carbocycles. The van der Waals surface area contributed by atoms with Gasteiger partial charge in [0.05, 0.1) is 16.1 Å². The summed E-state index contributed by atoms with van der Waals surface area (Å²) in [6.45, 7) is -0.159. The lowest BCUT2D eigenvalue weighted by atomic mass is 10.3. The van der Waals surface area contributed by atoms with Crippen LogP contribution in [0.15, 0.2) is 45.3 Å². The van der Waals surface area contributed by atoms with Crippen LogP contribution in [0, 0.1) is 0 Å². The number of hydrogen-bond acceptors (Lipinski definition) is 5. The van der Waals surface area contributed by atoms with Gasteiger partial charge in [-0.25, -0.2) is 4.79 Å². The molecule has 0 atom stereocenters. The smallest absolute Gasteiger partial charge is 0.343 e. The van der Waals surface area contributed by atoms with Gasteiger partial charge in [0, 0.05) is 5.69 Å². The summed E-state index contributed by atoms with van der Waals surface area (Å²) in [5.74, 6) is 1.30. The van der Waals surface area contributed by atoms with Crippen LogP contribution in [0.25, 0.3) is 0 Å². The van der Waals surface area contributed by atoms with Crippen molar-refractivity contribution in [3.63, 3.8) is 0 Å². The van der Waals surface area contributed by atoms with Crippen LogP contribution in [0.1, 0.15) is 0 Å². The molecule has 2 aromatic rings. The average molecular weight is 431 g/mol. The van der Waals surface area contributed by atoms with E-state index in [2.05, 4.69) is 36.6 Å². The summed E-state index contributed by atoms with van der Waals surface area (Å²) in [5.41, 5.74) is 6.30. The molecule has 0 fully saturated rings. The number of ether oxygens (including phenoxy) is 3. The van der Waals surface area contributed by atoms with Crippen LogP contribution in [-0.2, 0) is 9.53 Å². The normalized spacial score (nSPS) is 10.1. The Morgan fingerprint density at radius 3 is 2.23 bits per heavy atom. The second kappa shape index (κ2) is 7.51. The Balaban J connectivity index is 2.16. The first-order valence-corrected chi connectivity index (χ1v) is 7.80. The van der Waals surface area contributed by atoms with E-state index in [0.717, 1.165) is 0 Å². The molecule has 0 aliphatic carbocycles. The molecule has 0 aliphatic rings. The molecule has 5 nitrogen and oxygen atoms in total. The molecule has 0 unspecified atom stereocenters. The first-order chi connectivity index (χ1) is 10.5. The van der Waals surface area contributed by atoms with Crippen molar-refractivity contribution in [2.45, 2.75) is 0 Å². The molecule has 0 aromatic heterocycles. The molecular formula is C15H13Br2NO4. The highest BCUT2D eigenvalue weighted by Gasteiger charge is 2.12. The molecule has 7 heteroatoms. The predicted octanol–water partition coefficient (Wildman–Crippen LogP) is 4.14. The van der Waals surface area contributed by atoms with Crippen LogP contribution in [0.5, 0.6) is 17.2 Å². The van der Waals surface area contributed by atoms with E-state index in [1.54, 1.807) is 36.4 Å². The van der Waals surface area contributed by atoms with Gasteiger partial charge in [0.15, 0.2) is 12.4 Å². The number of nitrogens with two attached hydrogens (primary N) is 1. The van der Waals surface area contributed by atoms with Gasteiger partial charge in [-0.3, -0.25) is 0 Å². The summed E-state index contributed by atoms with van der Waals surface area (Å²) < 4.78 is 17.0. The van der Waals surface area contributed by atoms with Crippen molar-refractivity contribution in [2.75, 3.05) is 19.5 Å². The highest BCUT2D eigenvalue weighted by molar-refractivity contribution is 9.11. The van der Waals surface area contributed by atoms with E-state index in [1.807, 2.05) is 0 Å². The number of rotatable bonds is 5. The summed E-state index contributed by atoms with van der Waals surface area (Å²) in [6.07, 6.45) is 0. The van der Waals surface area contributed by atoms with Gasteiger partial charge in [-0.05, 0) is 68.3 Å². The van der Waals surface area contributed by atoms with Gasteiger partial charge in [-0.1, -0.05) is 0 Å². The quantitative estimate of drug-likeness (QED) is 0.570. The first kappa shape index (κ1) is 16.6. The van der Waals surface area contributed by atoms with Crippen molar-refractivity contribution in [1.82, 2.24) is 0 Å². The molecule has 2 N–H and O–H groups in total. The van der Waals surface area contributed by atoms with Crippen molar-refractivity contribution in [3.8, 4) is 17.2 Å². The van der Waals surface area contributed by atoms with E-state index in [4.69, 9.17) is 15.2 Å². The third-order valence-corrected chi connectivity index (χ3v) is 3.83. The van der Waals surface area contributed by atoms with Crippen LogP contribution in [-0.4, -0.2) is 19.7 Å². The van der Waals surface area contributed by atoms with E-state index < -0.39 is 5.97 Å². The molecule has 0 bridgehead atoms. The Labute approximate surface area is 144 Å². The van der Waals surface area contributed by atoms with Gasteiger partial charge in [-0.15, -0.1) is 0 Å². The molecule has 2 rings (SSSR count). The highest BCUT2D eigenvalue weighted by Crippen LogP contribution is 2.40. The lowest BCUT2D eigenvalue weighted by molar-refractivity contribution is -0.142. The van der Waals surface area contributed by atoms with E-state index in [0.29, 0.717) is 31.9 Å². The Morgan fingerprint density at radius 1 is 1.09 bits per heavy atom. The Morgan fingerprint density at radius 2 is 1.68 bits per heavy atom. The standard InChI is InChI=1S/C15H13Br2NO4/c1-20-14(19)8-21-11-6-12(16)15(13(17)7-11)22-10-4-2-9(18)3-5-10/h2-7H,8,18H2,1H3. The maximum absolute atomic E-state index is 11.1. The fourth-order valence-corrected chi connectivity index (χ4v) is 2.88. The number of esters is 1. The molecule has 0 aliphatic heterocycles. The van der Waals surface area contributed by atoms with Gasteiger partial charge >= 0.3 is 5.97 Å². The van der Waals surface area contributed by atoms with Gasteiger partial charge in [0.1, 0.15) is 11.5 Å². The van der Waals surface area contributed by atoms with Gasteiger partial charge in [0.25, 0.3) is 0 Å². The van der Waals surface area contributed by atoms with Gasteiger partial charge < -0.3 is 19.9 Å². The van der Waals surface area contributed by atoms with E-state index in [1.165, 1.54) is 7.11 Å². The summed E-state index contributed by atoms with van der Waals surface area (Å²) in [5, 5.41) is 0. The number of nitrogen functional groups attached to an aromatic ring is 1. The zero-order chi connectivity index (χ0) is 16.1. The SMILES string of the molecule is COC(=O)COc1cc(Br)c(Oc2ccc(N)cc2)c(Br)c1. The Hall–Kier alpha value is -1.73. The van der Waals surface area contributed by atoms with Crippen molar-refractivity contribution in [1.29, 1.82) is 0 Å². The van der Waals surface area contributed by atoms with Gasteiger partial charge in [0.2, 0.25) is 0 Å². The lowest BCUT2D eigenvalue weighted by Gasteiger charge is -2.12. The third kappa shape index (κ3) is 4.38. The average Bonchev–Trinajstić information content (AvgIpc) is 2.50. The zero-order valence-electron chi connectivity index (χ0n) is 11.6. The maximum Gasteiger partial charge on any atom is 0.343 e. The first-order valence-electron chi connectivity index (χ1n) is 6.21. The maximum atomic E-state index is 11.1. The molecule has 0 amide bonds. The molecule has 22 heavy (non-hydrogen) atoms. The third-order valence-electron chi connectivity index (χ3n) is 2.66. The van der Waals surface area contributed by atoms with Crippen LogP contribution in [0.4, 0.5) is 5.69 Å². The highest BCUT2D eigenvalue weighted by atomic mass is 79.9. The fraction of sp³-hybridized carbons (Fsp3) is 0.133. The van der Waals surface area contributed by atoms with E-state index >= 15 is 0 Å². The van der Waals surface area contributed by atoms with Crippen molar-refractivity contribution in [2.24, 2.45) is 0 Å². The number of benzene rings is 2. The van der Waals surface area contributed by atoms with Crippen LogP contribution in [0.3, 0.4) is 0 Å². The van der Waals surface area contributed by atoms with Gasteiger partial charge in [-0.2, -0.15) is 0 Å². The minimum absolute atomic E-state index is 0.159. The Kier molecular flexibility index (Phi) is 5.68. The second-order valence-corrected chi connectivity index (χ2v) is 5.96. The molecule has 0 radical (unpaired) electrons. The zero-order valence-corrected chi connectivity index (χ0v) is 14.8. The molecule has 0 heterocycles. The fourth-order valence-electron chi connectivity index (χ4n) is 1.57. The molecule has 0 spiro atoms. The number of halogens is 2. The Bertz CT molecular complexity index is 651. The number of anilines is 1. The topological polar surface area (TPSA) is 70.8 Å². The number of hydrogen-bond donors (Lipinski definition) is 1. The second-order valence-electron chi connectivity index (χ2n) is 4.25. The molecule has 116 valence electrons. The number of carbonyl (C=O) groups excluding carboxylic acids is 1. The van der Waals surface area contributed by atoms with Crippen molar-refractivity contribution >= 4 is 43.5 Å². The summed E-state index contributed by atoms with van der Waals surface area (Å²) >= 11 is 6.84. The largest absolute Gasteiger partial charge is 0.482 e. The summed E-state index contributed by atoms with van der Waals surface area (Å²) in [6, 6.07) is 10.5. The molecule has 0 saturated heterocycles. The summed E-state index contributed by atoms with van der Waals surface area (Å²) in [4.78, 5) is 11.1. The van der Waals surface area contributed by atoms with E-state index in [-0.39, 0.29) is 6.61 Å². The molecule has 0 saturated carbocycles. The van der Waals surface area contributed by atoms with Crippen molar-refractivity contribution in [3.05, 3.63) is 45.3 Å². The predicted molar refractivity (Wildman–Crippen MR) is 90.3 cm³/mol. The lowest BCUT2D eigenvalue weighted by Crippen LogP contribution is -2.12. The minimum atomic E-state index is -0.450. The minimum Gasteiger partial charge on any atom is -0.482 e. The number of carbonyl (C=O) groups is 1. The van der Waals surface area contributed by atoms with Crippen LogP contribution >= 0.6 is 31.9 Å². The van der Waals surface area contributed by atoms with Crippen molar-refractivity contribution < 1.29 is 19.0 Å². The molecular weight excluding hydrogens is 418 g/mol. The summed E-state index contributed by atoms with van der Waals surface area (Å²) in [7, 11) is 1.31. The monoisotopic (exact) mass is 429 g/mol. The van der Waals surface area contributed by atoms with Crippen LogP contribution < -0.4 is 15.2 Å². The van der Waals surface area contributed by atoms with Crippen LogP contribution in [0.2, 0.25) is 0 Å². The van der Waals surface area contributed by atoms with E-state index in [9.17, 15) is 4.79 Å².